The molecule has 1 aromatic carbocycles. The van der Waals surface area contributed by atoms with Gasteiger partial charge in [0.05, 0.1) is 11.8 Å². The van der Waals surface area contributed by atoms with Crippen LogP contribution in [0.1, 0.15) is 24.1 Å². The van der Waals surface area contributed by atoms with E-state index in [0.29, 0.717) is 12.5 Å². The molecular formula is C20H26N2O2S2. The summed E-state index contributed by atoms with van der Waals surface area (Å²) in [6.07, 6.45) is 5.07. The van der Waals surface area contributed by atoms with Crippen LogP contribution in [0.2, 0.25) is 0 Å². The Morgan fingerprint density at radius 3 is 2.96 bits per heavy atom. The van der Waals surface area contributed by atoms with Crippen molar-refractivity contribution in [3.63, 3.8) is 0 Å². The molecule has 6 heteroatoms. The molecule has 3 rings (SSSR count). The Morgan fingerprint density at radius 1 is 1.35 bits per heavy atom. The van der Waals surface area contributed by atoms with Crippen molar-refractivity contribution in [2.75, 3.05) is 31.3 Å². The first-order chi connectivity index (χ1) is 12.7. The summed E-state index contributed by atoms with van der Waals surface area (Å²) in [6.45, 7) is 3.38. The number of carbonyl (C=O) groups excluding carboxylic acids is 1. The van der Waals surface area contributed by atoms with Crippen LogP contribution in [-0.4, -0.2) is 42.9 Å². The molecule has 1 fully saturated rings. The number of para-hydroxylation sites is 1. The fraction of sp³-hybridized carbons (Fsp3) is 0.450. The molecule has 2 aromatic rings. The van der Waals surface area contributed by atoms with E-state index < -0.39 is 0 Å². The number of thioether (sulfide) groups is 1. The second kappa shape index (κ2) is 10.1. The number of nitrogens with zero attached hydrogens (tertiary/aromatic N) is 1. The average Bonchev–Trinajstić information content (AvgIpc) is 3.34. The lowest BCUT2D eigenvalue weighted by atomic mass is 10.2. The van der Waals surface area contributed by atoms with Gasteiger partial charge in [-0.15, -0.1) is 23.1 Å². The van der Waals surface area contributed by atoms with Crippen LogP contribution in [-0.2, 0) is 16.1 Å². The zero-order valence-corrected chi connectivity index (χ0v) is 16.8. The first kappa shape index (κ1) is 19.4. The summed E-state index contributed by atoms with van der Waals surface area (Å²) in [6, 6.07) is 12.2. The molecule has 1 atom stereocenters. The largest absolute Gasteiger partial charge is 0.377 e. The quantitative estimate of drug-likeness (QED) is 0.641. The van der Waals surface area contributed by atoms with E-state index in [-0.39, 0.29) is 5.91 Å². The highest BCUT2D eigenvalue weighted by molar-refractivity contribution is 7.98. The molecule has 0 radical (unpaired) electrons. The first-order valence-corrected chi connectivity index (χ1v) is 11.1. The number of hydrogen-bond acceptors (Lipinski definition) is 5. The van der Waals surface area contributed by atoms with Gasteiger partial charge in [-0.05, 0) is 42.7 Å². The minimum Gasteiger partial charge on any atom is -0.377 e. The topological polar surface area (TPSA) is 41.6 Å². The molecule has 1 N–H and O–H groups in total. The Hall–Kier alpha value is -1.34. The van der Waals surface area contributed by atoms with Gasteiger partial charge in [0.2, 0.25) is 5.91 Å². The van der Waals surface area contributed by atoms with E-state index in [1.54, 1.807) is 23.1 Å². The minimum atomic E-state index is 0.0648. The maximum absolute atomic E-state index is 12.4. The fourth-order valence-electron chi connectivity index (χ4n) is 3.15. The van der Waals surface area contributed by atoms with E-state index in [9.17, 15) is 4.79 Å². The third-order valence-electron chi connectivity index (χ3n) is 4.48. The van der Waals surface area contributed by atoms with Gasteiger partial charge in [0.25, 0.3) is 0 Å². The van der Waals surface area contributed by atoms with Crippen molar-refractivity contribution < 1.29 is 9.53 Å². The molecule has 140 valence electrons. The number of amides is 1. The van der Waals surface area contributed by atoms with Crippen molar-refractivity contribution in [2.24, 2.45) is 0 Å². The predicted molar refractivity (Wildman–Crippen MR) is 110 cm³/mol. The Kier molecular flexibility index (Phi) is 7.55. The maximum atomic E-state index is 12.4. The molecule has 1 aromatic heterocycles. The Morgan fingerprint density at radius 2 is 2.23 bits per heavy atom. The van der Waals surface area contributed by atoms with Crippen LogP contribution >= 0.6 is 23.1 Å². The minimum absolute atomic E-state index is 0.0648. The number of anilines is 1. The van der Waals surface area contributed by atoms with Crippen molar-refractivity contribution in [1.29, 1.82) is 0 Å². The van der Waals surface area contributed by atoms with Crippen molar-refractivity contribution in [2.45, 2.75) is 36.8 Å². The van der Waals surface area contributed by atoms with Gasteiger partial charge < -0.3 is 10.1 Å². The standard InChI is InChI=1S/C20H26N2O2S2/c1-25-19-9-3-2-8-18(19)21-20(23)10-11-22(14-16-6-4-12-24-16)15-17-7-5-13-26-17/h2-3,5,7-9,13,16H,4,6,10-12,14-15H2,1H3,(H,21,23). The third-order valence-corrected chi connectivity index (χ3v) is 6.14. The SMILES string of the molecule is CSc1ccccc1NC(=O)CCN(Cc1cccs1)CC1CCCO1. The first-order valence-electron chi connectivity index (χ1n) is 9.04. The molecule has 0 bridgehead atoms. The Labute approximate surface area is 163 Å². The summed E-state index contributed by atoms with van der Waals surface area (Å²) in [7, 11) is 0. The highest BCUT2D eigenvalue weighted by atomic mass is 32.2. The van der Waals surface area contributed by atoms with E-state index >= 15 is 0 Å². The summed E-state index contributed by atoms with van der Waals surface area (Å²) in [4.78, 5) is 17.2. The van der Waals surface area contributed by atoms with E-state index in [1.807, 2.05) is 30.5 Å². The lowest BCUT2D eigenvalue weighted by Crippen LogP contribution is -2.34. The van der Waals surface area contributed by atoms with Gasteiger partial charge in [0.15, 0.2) is 0 Å². The summed E-state index contributed by atoms with van der Waals surface area (Å²) in [5.74, 6) is 0.0648. The van der Waals surface area contributed by atoms with Crippen LogP contribution in [0.3, 0.4) is 0 Å². The molecule has 1 aliphatic rings. The van der Waals surface area contributed by atoms with Gasteiger partial charge in [-0.1, -0.05) is 18.2 Å². The summed E-state index contributed by atoms with van der Waals surface area (Å²) < 4.78 is 5.79. The van der Waals surface area contributed by atoms with Gasteiger partial charge in [-0.3, -0.25) is 9.69 Å². The maximum Gasteiger partial charge on any atom is 0.225 e. The molecule has 2 heterocycles. The normalized spacial score (nSPS) is 16.9. The number of thiophene rings is 1. The van der Waals surface area contributed by atoms with Crippen LogP contribution in [0.5, 0.6) is 0 Å². The zero-order valence-electron chi connectivity index (χ0n) is 15.1. The van der Waals surface area contributed by atoms with E-state index in [2.05, 4.69) is 27.7 Å². The molecule has 4 nitrogen and oxygen atoms in total. The lowest BCUT2D eigenvalue weighted by Gasteiger charge is -2.24. The van der Waals surface area contributed by atoms with Crippen molar-refractivity contribution in [3.05, 3.63) is 46.7 Å². The highest BCUT2D eigenvalue weighted by Gasteiger charge is 2.20. The van der Waals surface area contributed by atoms with Crippen molar-refractivity contribution >= 4 is 34.7 Å². The monoisotopic (exact) mass is 390 g/mol. The predicted octanol–water partition coefficient (Wildman–Crippen LogP) is 4.48. The van der Waals surface area contributed by atoms with Crippen LogP contribution < -0.4 is 5.32 Å². The number of benzene rings is 1. The molecule has 0 spiro atoms. The van der Waals surface area contributed by atoms with Crippen LogP contribution in [0.25, 0.3) is 0 Å². The molecule has 0 saturated carbocycles. The van der Waals surface area contributed by atoms with Crippen LogP contribution in [0, 0.1) is 0 Å². The second-order valence-corrected chi connectivity index (χ2v) is 8.33. The smallest absolute Gasteiger partial charge is 0.225 e. The van der Waals surface area contributed by atoms with E-state index in [1.165, 1.54) is 4.88 Å². The second-order valence-electron chi connectivity index (χ2n) is 6.45. The third kappa shape index (κ3) is 5.84. The zero-order chi connectivity index (χ0) is 18.2. The van der Waals surface area contributed by atoms with E-state index in [4.69, 9.17) is 4.74 Å². The average molecular weight is 391 g/mol. The number of carbonyl (C=O) groups is 1. The molecule has 26 heavy (non-hydrogen) atoms. The van der Waals surface area contributed by atoms with Gasteiger partial charge >= 0.3 is 0 Å². The molecule has 1 unspecified atom stereocenters. The van der Waals surface area contributed by atoms with Gasteiger partial charge in [0, 0.05) is 42.4 Å². The van der Waals surface area contributed by atoms with Crippen LogP contribution in [0.15, 0.2) is 46.7 Å². The molecule has 1 saturated heterocycles. The molecule has 0 aliphatic carbocycles. The van der Waals surface area contributed by atoms with Crippen molar-refractivity contribution in [3.8, 4) is 0 Å². The molecular weight excluding hydrogens is 364 g/mol. The van der Waals surface area contributed by atoms with Crippen LogP contribution in [0.4, 0.5) is 5.69 Å². The summed E-state index contributed by atoms with van der Waals surface area (Å²) in [5.41, 5.74) is 0.897. The Balaban J connectivity index is 1.54. The number of ether oxygens (including phenoxy) is 1. The van der Waals surface area contributed by atoms with Gasteiger partial charge in [-0.25, -0.2) is 0 Å². The fourth-order valence-corrected chi connectivity index (χ4v) is 4.45. The van der Waals surface area contributed by atoms with Gasteiger partial charge in [-0.2, -0.15) is 0 Å². The molecule has 1 amide bonds. The lowest BCUT2D eigenvalue weighted by molar-refractivity contribution is -0.116. The summed E-state index contributed by atoms with van der Waals surface area (Å²) >= 11 is 3.41. The van der Waals surface area contributed by atoms with E-state index in [0.717, 1.165) is 49.7 Å². The summed E-state index contributed by atoms with van der Waals surface area (Å²) in [5, 5.41) is 5.16. The highest BCUT2D eigenvalue weighted by Crippen LogP contribution is 2.24. The number of rotatable bonds is 9. The Bertz CT molecular complexity index is 685. The number of nitrogens with one attached hydrogen (secondary N) is 1. The number of hydrogen-bond donors (Lipinski definition) is 1. The van der Waals surface area contributed by atoms with Crippen molar-refractivity contribution in [1.82, 2.24) is 4.90 Å². The van der Waals surface area contributed by atoms with Gasteiger partial charge in [0.1, 0.15) is 0 Å². The molecule has 1 aliphatic heterocycles.